The van der Waals surface area contributed by atoms with E-state index in [1.54, 1.807) is 0 Å². The lowest BCUT2D eigenvalue weighted by Crippen LogP contribution is -2.38. The van der Waals surface area contributed by atoms with Gasteiger partial charge in [0.15, 0.2) is 0 Å². The van der Waals surface area contributed by atoms with Crippen LogP contribution in [0.25, 0.3) is 0 Å². The van der Waals surface area contributed by atoms with Crippen molar-refractivity contribution in [2.24, 2.45) is 11.7 Å². The molecule has 1 amide bonds. The summed E-state index contributed by atoms with van der Waals surface area (Å²) in [6, 6.07) is 8.24. The minimum atomic E-state index is 0.0136. The molecule has 0 spiro atoms. The number of nitrogens with two attached hydrogens (primary N) is 1. The first-order chi connectivity index (χ1) is 10.3. The molecule has 4 nitrogen and oxygen atoms in total. The number of carbonyl (C=O) groups excluding carboxylic acids is 1. The van der Waals surface area contributed by atoms with E-state index in [9.17, 15) is 4.79 Å². The van der Waals surface area contributed by atoms with Crippen molar-refractivity contribution in [1.29, 1.82) is 0 Å². The molecule has 4 heteroatoms. The molecule has 2 aliphatic heterocycles. The Hall–Kier alpha value is -1.39. The van der Waals surface area contributed by atoms with E-state index >= 15 is 0 Å². The molecule has 2 heterocycles. The molecule has 0 aliphatic carbocycles. The van der Waals surface area contributed by atoms with Crippen LogP contribution in [0.3, 0.4) is 0 Å². The van der Waals surface area contributed by atoms with Gasteiger partial charge in [0.2, 0.25) is 5.91 Å². The van der Waals surface area contributed by atoms with Crippen LogP contribution in [0.1, 0.15) is 37.7 Å². The van der Waals surface area contributed by atoms with Gasteiger partial charge in [-0.1, -0.05) is 25.1 Å². The maximum absolute atomic E-state index is 12.9. The molecule has 1 fully saturated rings. The average Bonchev–Trinajstić information content (AvgIpc) is 3.12. The van der Waals surface area contributed by atoms with Crippen molar-refractivity contribution >= 4 is 11.6 Å². The third-order valence-electron chi connectivity index (χ3n) is 4.78. The Labute approximate surface area is 126 Å². The molecule has 21 heavy (non-hydrogen) atoms. The summed E-state index contributed by atoms with van der Waals surface area (Å²) in [4.78, 5) is 14.9. The Balaban J connectivity index is 1.84. The monoisotopic (exact) mass is 288 g/mol. The zero-order valence-corrected chi connectivity index (χ0v) is 12.6. The number of nitrogens with zero attached hydrogens (tertiary/aromatic N) is 1. The summed E-state index contributed by atoms with van der Waals surface area (Å²) < 4.78 is 5.69. The number of anilines is 1. The van der Waals surface area contributed by atoms with Gasteiger partial charge in [-0.2, -0.15) is 0 Å². The second-order valence-electron chi connectivity index (χ2n) is 5.99. The van der Waals surface area contributed by atoms with Gasteiger partial charge in [0.05, 0.1) is 12.0 Å². The number of amides is 1. The highest BCUT2D eigenvalue weighted by Gasteiger charge is 2.39. The van der Waals surface area contributed by atoms with Gasteiger partial charge in [-0.25, -0.2) is 0 Å². The van der Waals surface area contributed by atoms with Crippen molar-refractivity contribution < 1.29 is 9.53 Å². The number of ether oxygens (including phenoxy) is 1. The van der Waals surface area contributed by atoms with Crippen LogP contribution in [0, 0.1) is 5.92 Å². The fourth-order valence-electron chi connectivity index (χ4n) is 3.69. The number of hydrogen-bond donors (Lipinski definition) is 1. The molecule has 2 aliphatic rings. The highest BCUT2D eigenvalue weighted by Crippen LogP contribution is 2.39. The second-order valence-corrected chi connectivity index (χ2v) is 5.99. The predicted octanol–water partition coefficient (Wildman–Crippen LogP) is 2.28. The van der Waals surface area contributed by atoms with Crippen molar-refractivity contribution in [3.8, 4) is 0 Å². The van der Waals surface area contributed by atoms with Crippen LogP contribution < -0.4 is 10.6 Å². The van der Waals surface area contributed by atoms with Gasteiger partial charge in [-0.05, 0) is 37.4 Å². The van der Waals surface area contributed by atoms with E-state index in [-0.39, 0.29) is 17.9 Å². The van der Waals surface area contributed by atoms with Gasteiger partial charge in [-0.3, -0.25) is 4.79 Å². The molecule has 0 bridgehead atoms. The van der Waals surface area contributed by atoms with Gasteiger partial charge in [0.25, 0.3) is 0 Å². The van der Waals surface area contributed by atoms with Crippen molar-refractivity contribution in [2.45, 2.75) is 38.2 Å². The second kappa shape index (κ2) is 6.16. The summed E-state index contributed by atoms with van der Waals surface area (Å²) in [6.07, 6.45) is 2.76. The van der Waals surface area contributed by atoms with Gasteiger partial charge in [-0.15, -0.1) is 0 Å². The number of carbonyl (C=O) groups is 1. The summed E-state index contributed by atoms with van der Waals surface area (Å²) in [6.45, 7) is 4.22. The molecule has 0 aromatic heterocycles. The Morgan fingerprint density at radius 3 is 3.00 bits per heavy atom. The normalized spacial score (nSPS) is 27.9. The molecule has 3 atom stereocenters. The summed E-state index contributed by atoms with van der Waals surface area (Å²) in [5.41, 5.74) is 8.07. The van der Waals surface area contributed by atoms with Gasteiger partial charge in [0.1, 0.15) is 0 Å². The molecule has 1 aromatic carbocycles. The highest BCUT2D eigenvalue weighted by atomic mass is 16.5. The van der Waals surface area contributed by atoms with Gasteiger partial charge >= 0.3 is 0 Å². The molecule has 1 saturated heterocycles. The third-order valence-corrected chi connectivity index (χ3v) is 4.78. The van der Waals surface area contributed by atoms with E-state index in [0.29, 0.717) is 19.1 Å². The predicted molar refractivity (Wildman–Crippen MR) is 83.3 cm³/mol. The third kappa shape index (κ3) is 2.58. The summed E-state index contributed by atoms with van der Waals surface area (Å²) >= 11 is 0. The first-order valence-electron chi connectivity index (χ1n) is 7.98. The SMILES string of the molecule is CCC1OCCC1C(=O)N1CC(CCN)c2ccccc21. The molecule has 1 aromatic rings. The van der Waals surface area contributed by atoms with E-state index in [1.165, 1.54) is 5.56 Å². The van der Waals surface area contributed by atoms with E-state index in [2.05, 4.69) is 19.1 Å². The van der Waals surface area contributed by atoms with Crippen molar-refractivity contribution in [1.82, 2.24) is 0 Å². The van der Waals surface area contributed by atoms with Crippen molar-refractivity contribution in [3.05, 3.63) is 29.8 Å². The molecule has 114 valence electrons. The zero-order chi connectivity index (χ0) is 14.8. The fraction of sp³-hybridized carbons (Fsp3) is 0.588. The summed E-state index contributed by atoms with van der Waals surface area (Å²) in [5.74, 6) is 0.614. The lowest BCUT2D eigenvalue weighted by Gasteiger charge is -2.24. The quantitative estimate of drug-likeness (QED) is 0.924. The Morgan fingerprint density at radius 1 is 1.43 bits per heavy atom. The van der Waals surface area contributed by atoms with Crippen LogP contribution in [0.5, 0.6) is 0 Å². The Morgan fingerprint density at radius 2 is 2.24 bits per heavy atom. The Kier molecular flexibility index (Phi) is 4.27. The lowest BCUT2D eigenvalue weighted by molar-refractivity contribution is -0.124. The highest BCUT2D eigenvalue weighted by molar-refractivity contribution is 5.97. The number of rotatable bonds is 4. The van der Waals surface area contributed by atoms with Crippen LogP contribution >= 0.6 is 0 Å². The largest absolute Gasteiger partial charge is 0.377 e. The number of hydrogen-bond acceptors (Lipinski definition) is 3. The Bertz CT molecular complexity index is 517. The minimum absolute atomic E-state index is 0.0136. The smallest absolute Gasteiger partial charge is 0.232 e. The zero-order valence-electron chi connectivity index (χ0n) is 12.6. The number of para-hydroxylation sites is 1. The first-order valence-corrected chi connectivity index (χ1v) is 7.98. The van der Waals surface area contributed by atoms with E-state index in [1.807, 2.05) is 17.0 Å². The molecule has 2 N–H and O–H groups in total. The fourth-order valence-corrected chi connectivity index (χ4v) is 3.69. The van der Waals surface area contributed by atoms with Crippen LogP contribution in [-0.2, 0) is 9.53 Å². The maximum Gasteiger partial charge on any atom is 0.232 e. The van der Waals surface area contributed by atoms with E-state index < -0.39 is 0 Å². The summed E-state index contributed by atoms with van der Waals surface area (Å²) in [7, 11) is 0. The van der Waals surface area contributed by atoms with E-state index in [0.717, 1.165) is 31.5 Å². The first kappa shape index (κ1) is 14.5. The topological polar surface area (TPSA) is 55.6 Å². The van der Waals surface area contributed by atoms with Crippen molar-refractivity contribution in [3.63, 3.8) is 0 Å². The van der Waals surface area contributed by atoms with Gasteiger partial charge < -0.3 is 15.4 Å². The minimum Gasteiger partial charge on any atom is -0.377 e. The maximum atomic E-state index is 12.9. The van der Waals surface area contributed by atoms with Crippen molar-refractivity contribution in [2.75, 3.05) is 24.6 Å². The lowest BCUT2D eigenvalue weighted by atomic mass is 9.97. The number of benzene rings is 1. The molecule has 0 saturated carbocycles. The molecular weight excluding hydrogens is 264 g/mol. The van der Waals surface area contributed by atoms with Crippen LogP contribution in [0.4, 0.5) is 5.69 Å². The summed E-state index contributed by atoms with van der Waals surface area (Å²) in [5, 5.41) is 0. The van der Waals surface area contributed by atoms with Gasteiger partial charge in [0, 0.05) is 24.8 Å². The van der Waals surface area contributed by atoms with Crippen LogP contribution in [0.15, 0.2) is 24.3 Å². The molecular formula is C17H24N2O2. The molecule has 3 unspecified atom stereocenters. The van der Waals surface area contributed by atoms with Crippen LogP contribution in [-0.4, -0.2) is 31.7 Å². The number of fused-ring (bicyclic) bond motifs is 1. The standard InChI is InChI=1S/C17H24N2O2/c1-2-16-14(8-10-21-16)17(20)19-11-12(7-9-18)13-5-3-4-6-15(13)19/h3-6,12,14,16H,2,7-11,18H2,1H3. The molecule has 0 radical (unpaired) electrons. The average molecular weight is 288 g/mol. The van der Waals surface area contributed by atoms with Crippen LogP contribution in [0.2, 0.25) is 0 Å². The molecule has 3 rings (SSSR count). The van der Waals surface area contributed by atoms with E-state index in [4.69, 9.17) is 10.5 Å².